The van der Waals surface area contributed by atoms with E-state index in [1.165, 1.54) is 55.0 Å². The van der Waals surface area contributed by atoms with Crippen molar-refractivity contribution in [3.63, 3.8) is 0 Å². The molecule has 0 spiro atoms. The first kappa shape index (κ1) is 29.9. The average molecular weight is 679 g/mol. The Kier molecular flexibility index (Phi) is 6.27. The molecule has 4 heteroatoms. The third-order valence-electron chi connectivity index (χ3n) is 11.4. The minimum atomic E-state index is -0.0894. The molecule has 250 valence electrons. The first-order valence-electron chi connectivity index (χ1n) is 18.2. The molecule has 0 saturated heterocycles. The summed E-state index contributed by atoms with van der Waals surface area (Å²) in [5.41, 5.74) is 15.1. The zero-order chi connectivity index (χ0) is 35.3. The van der Waals surface area contributed by atoms with Crippen LogP contribution in [0.2, 0.25) is 0 Å². The largest absolute Gasteiger partial charge is 0.317 e. The highest BCUT2D eigenvalue weighted by atomic mass is 15.0. The molecule has 11 rings (SSSR count). The summed E-state index contributed by atoms with van der Waals surface area (Å²) in [7, 11) is 0. The highest BCUT2D eigenvalue weighted by Crippen LogP contribution is 2.49. The SMILES string of the molecule is CC1(C)c2ccccc2-c2ccc(-c3nc(-c4ccc(-n5c6ccccc6c6cc7c(ccn7-c7ccccc7)cc65)cc4)nc4ccccc34)cc21. The lowest BCUT2D eigenvalue weighted by molar-refractivity contribution is 0.660. The van der Waals surface area contributed by atoms with Crippen LogP contribution >= 0.6 is 0 Å². The summed E-state index contributed by atoms with van der Waals surface area (Å²) < 4.78 is 4.65. The van der Waals surface area contributed by atoms with Gasteiger partial charge in [-0.25, -0.2) is 9.97 Å². The summed E-state index contributed by atoms with van der Waals surface area (Å²) in [4.78, 5) is 10.4. The third kappa shape index (κ3) is 4.42. The highest BCUT2D eigenvalue weighted by Gasteiger charge is 2.35. The van der Waals surface area contributed by atoms with Gasteiger partial charge in [-0.1, -0.05) is 105 Å². The normalized spacial score (nSPS) is 13.2. The van der Waals surface area contributed by atoms with E-state index < -0.39 is 0 Å². The van der Waals surface area contributed by atoms with Gasteiger partial charge < -0.3 is 9.13 Å². The smallest absolute Gasteiger partial charge is 0.160 e. The number of para-hydroxylation sites is 3. The Morgan fingerprint density at radius 1 is 0.472 bits per heavy atom. The van der Waals surface area contributed by atoms with Gasteiger partial charge in [0.05, 0.1) is 27.8 Å². The molecule has 1 aliphatic carbocycles. The van der Waals surface area contributed by atoms with Crippen LogP contribution in [0.15, 0.2) is 170 Å². The van der Waals surface area contributed by atoms with Crippen LogP contribution in [0.4, 0.5) is 0 Å². The van der Waals surface area contributed by atoms with Crippen molar-refractivity contribution < 1.29 is 0 Å². The average Bonchev–Trinajstić information content (AvgIpc) is 3.84. The van der Waals surface area contributed by atoms with Crippen molar-refractivity contribution in [1.82, 2.24) is 19.1 Å². The Hall–Kier alpha value is -6.78. The van der Waals surface area contributed by atoms with Crippen LogP contribution in [0.3, 0.4) is 0 Å². The molecule has 0 N–H and O–H groups in total. The fourth-order valence-corrected chi connectivity index (χ4v) is 8.73. The van der Waals surface area contributed by atoms with Crippen molar-refractivity contribution >= 4 is 43.6 Å². The van der Waals surface area contributed by atoms with E-state index in [-0.39, 0.29) is 5.41 Å². The molecule has 0 unspecified atom stereocenters. The number of aromatic nitrogens is 4. The summed E-state index contributed by atoms with van der Waals surface area (Å²) in [6.45, 7) is 4.65. The molecule has 7 aromatic carbocycles. The summed E-state index contributed by atoms with van der Waals surface area (Å²) in [5, 5.41) is 4.73. The lowest BCUT2D eigenvalue weighted by Crippen LogP contribution is -2.14. The van der Waals surface area contributed by atoms with Gasteiger partial charge in [-0.15, -0.1) is 0 Å². The second-order valence-electron chi connectivity index (χ2n) is 14.7. The van der Waals surface area contributed by atoms with E-state index in [0.29, 0.717) is 0 Å². The van der Waals surface area contributed by atoms with Gasteiger partial charge in [0.15, 0.2) is 5.82 Å². The monoisotopic (exact) mass is 678 g/mol. The van der Waals surface area contributed by atoms with Crippen molar-refractivity contribution in [3.05, 3.63) is 181 Å². The molecule has 1 aliphatic rings. The maximum atomic E-state index is 5.30. The topological polar surface area (TPSA) is 35.6 Å². The molecule has 4 nitrogen and oxygen atoms in total. The second kappa shape index (κ2) is 11.1. The first-order valence-corrected chi connectivity index (χ1v) is 18.2. The maximum absolute atomic E-state index is 5.30. The Morgan fingerprint density at radius 2 is 1.19 bits per heavy atom. The fourth-order valence-electron chi connectivity index (χ4n) is 8.73. The summed E-state index contributed by atoms with van der Waals surface area (Å²) in [5.74, 6) is 0.722. The van der Waals surface area contributed by atoms with Gasteiger partial charge in [-0.2, -0.15) is 0 Å². The van der Waals surface area contributed by atoms with Crippen LogP contribution in [0, 0.1) is 0 Å². The van der Waals surface area contributed by atoms with Crippen LogP contribution in [0.1, 0.15) is 25.0 Å². The Balaban J connectivity index is 1.03. The van der Waals surface area contributed by atoms with E-state index in [2.05, 4.69) is 193 Å². The van der Waals surface area contributed by atoms with Crippen LogP contribution in [-0.4, -0.2) is 19.1 Å². The van der Waals surface area contributed by atoms with Crippen molar-refractivity contribution in [1.29, 1.82) is 0 Å². The van der Waals surface area contributed by atoms with Crippen molar-refractivity contribution in [2.75, 3.05) is 0 Å². The molecule has 0 bridgehead atoms. The predicted octanol–water partition coefficient (Wildman–Crippen LogP) is 12.3. The molecule has 0 radical (unpaired) electrons. The predicted molar refractivity (Wildman–Crippen MR) is 219 cm³/mol. The number of fused-ring (bicyclic) bond motifs is 8. The summed E-state index contributed by atoms with van der Waals surface area (Å²) in [6.07, 6.45) is 2.17. The molecule has 53 heavy (non-hydrogen) atoms. The zero-order valence-electron chi connectivity index (χ0n) is 29.5. The fraction of sp³-hybridized carbons (Fsp3) is 0.0612. The molecular weight excluding hydrogens is 645 g/mol. The second-order valence-corrected chi connectivity index (χ2v) is 14.7. The van der Waals surface area contributed by atoms with Gasteiger partial charge in [-0.3, -0.25) is 0 Å². The van der Waals surface area contributed by atoms with E-state index in [1.807, 2.05) is 0 Å². The van der Waals surface area contributed by atoms with Crippen LogP contribution < -0.4 is 0 Å². The Morgan fingerprint density at radius 3 is 2.06 bits per heavy atom. The van der Waals surface area contributed by atoms with Crippen molar-refractivity contribution in [2.45, 2.75) is 19.3 Å². The lowest BCUT2D eigenvalue weighted by atomic mass is 9.82. The van der Waals surface area contributed by atoms with E-state index in [4.69, 9.17) is 9.97 Å². The van der Waals surface area contributed by atoms with E-state index in [9.17, 15) is 0 Å². The van der Waals surface area contributed by atoms with Gasteiger partial charge >= 0.3 is 0 Å². The molecule has 0 fully saturated rings. The highest BCUT2D eigenvalue weighted by molar-refractivity contribution is 6.13. The molecule has 3 aromatic heterocycles. The van der Waals surface area contributed by atoms with Crippen LogP contribution in [0.25, 0.3) is 88.8 Å². The molecular formula is C49H34N4. The van der Waals surface area contributed by atoms with Gasteiger partial charge in [0, 0.05) is 55.7 Å². The first-order chi connectivity index (χ1) is 26.0. The van der Waals surface area contributed by atoms with E-state index >= 15 is 0 Å². The number of benzene rings is 7. The number of rotatable bonds is 4. The van der Waals surface area contributed by atoms with Gasteiger partial charge in [0.1, 0.15) is 0 Å². The quantitative estimate of drug-likeness (QED) is 0.186. The third-order valence-corrected chi connectivity index (χ3v) is 11.4. The molecule has 0 aliphatic heterocycles. The van der Waals surface area contributed by atoms with Crippen LogP contribution in [0.5, 0.6) is 0 Å². The minimum Gasteiger partial charge on any atom is -0.317 e. The Labute approximate surface area is 307 Å². The van der Waals surface area contributed by atoms with Crippen LogP contribution in [-0.2, 0) is 5.41 Å². The molecule has 10 aromatic rings. The molecule has 3 heterocycles. The van der Waals surface area contributed by atoms with Crippen molar-refractivity contribution in [2.24, 2.45) is 0 Å². The standard InChI is InChI=1S/C49H34N4/c1-49(2)41-17-9-6-14-36(41)37-25-22-33(28-42(37)49)47-39-16-7-10-18-43(39)50-48(51-47)31-20-23-35(24-21-31)53-44-19-11-8-15-38(44)40-30-45-32(29-46(40)53)26-27-52(45)34-12-4-3-5-13-34/h3-30H,1-2H3. The number of hydrogen-bond donors (Lipinski definition) is 0. The van der Waals surface area contributed by atoms with Crippen molar-refractivity contribution in [3.8, 4) is 45.1 Å². The lowest BCUT2D eigenvalue weighted by Gasteiger charge is -2.22. The van der Waals surface area contributed by atoms with E-state index in [0.717, 1.165) is 44.9 Å². The van der Waals surface area contributed by atoms with E-state index in [1.54, 1.807) is 0 Å². The minimum absolute atomic E-state index is 0.0894. The number of hydrogen-bond acceptors (Lipinski definition) is 2. The zero-order valence-corrected chi connectivity index (χ0v) is 29.5. The Bertz CT molecular complexity index is 3070. The molecule has 0 atom stereocenters. The van der Waals surface area contributed by atoms with Gasteiger partial charge in [0.25, 0.3) is 0 Å². The van der Waals surface area contributed by atoms with Gasteiger partial charge in [-0.05, 0) is 95.1 Å². The number of nitrogens with zero attached hydrogens (tertiary/aromatic N) is 4. The maximum Gasteiger partial charge on any atom is 0.160 e. The summed E-state index contributed by atoms with van der Waals surface area (Å²) >= 11 is 0. The summed E-state index contributed by atoms with van der Waals surface area (Å²) in [6, 6.07) is 58.9. The molecule has 0 saturated carbocycles. The molecule has 0 amide bonds. The van der Waals surface area contributed by atoms with Gasteiger partial charge in [0.2, 0.25) is 0 Å².